The molecule has 0 aromatic carbocycles. The molecule has 2 fully saturated rings. The van der Waals surface area contributed by atoms with E-state index < -0.39 is 0 Å². The molecule has 5 heterocycles. The Labute approximate surface area is 193 Å². The van der Waals surface area contributed by atoms with E-state index in [-0.39, 0.29) is 12.0 Å². The summed E-state index contributed by atoms with van der Waals surface area (Å²) in [7, 11) is 1.78. The number of methoxy groups -OCH3 is 1. The molecule has 6 rings (SSSR count). The number of anilines is 1. The van der Waals surface area contributed by atoms with Crippen molar-refractivity contribution in [2.24, 2.45) is 16.1 Å². The quantitative estimate of drug-likeness (QED) is 0.654. The first-order valence-corrected chi connectivity index (χ1v) is 12.0. The lowest BCUT2D eigenvalue weighted by molar-refractivity contribution is 0.114. The Bertz CT molecular complexity index is 1240. The molecule has 2 atom stereocenters. The second-order valence-corrected chi connectivity index (χ2v) is 9.46. The van der Waals surface area contributed by atoms with E-state index >= 15 is 0 Å². The molecule has 1 saturated carbocycles. The van der Waals surface area contributed by atoms with Gasteiger partial charge in [0.1, 0.15) is 17.3 Å². The maximum absolute atomic E-state index is 5.50. The lowest BCUT2D eigenvalue weighted by Crippen LogP contribution is -2.36. The van der Waals surface area contributed by atoms with Crippen molar-refractivity contribution < 1.29 is 4.74 Å². The highest BCUT2D eigenvalue weighted by molar-refractivity contribution is 6.07. The van der Waals surface area contributed by atoms with E-state index in [1.807, 2.05) is 18.6 Å². The SMILES string of the molecule is COC1CCN(C2=NN=C(Nc3ncc4c5ccncc5n(C5CCCC5)c4n3)C(C)C2)C1. The number of aromatic nitrogens is 4. The molecule has 3 aromatic rings. The molecule has 9 nitrogen and oxygen atoms in total. The third-order valence-corrected chi connectivity index (χ3v) is 7.35. The van der Waals surface area contributed by atoms with Crippen molar-refractivity contribution in [2.45, 2.75) is 57.6 Å². The number of hydrogen-bond donors (Lipinski definition) is 1. The van der Waals surface area contributed by atoms with Gasteiger partial charge in [-0.2, -0.15) is 4.98 Å². The zero-order chi connectivity index (χ0) is 22.4. The first-order valence-electron chi connectivity index (χ1n) is 12.0. The van der Waals surface area contributed by atoms with E-state index in [2.05, 4.69) is 47.9 Å². The number of hydrogen-bond acceptors (Lipinski definition) is 8. The Morgan fingerprint density at radius 2 is 1.97 bits per heavy atom. The zero-order valence-corrected chi connectivity index (χ0v) is 19.2. The molecule has 2 unspecified atom stereocenters. The summed E-state index contributed by atoms with van der Waals surface area (Å²) in [5.74, 6) is 2.63. The van der Waals surface area contributed by atoms with Gasteiger partial charge in [0.15, 0.2) is 0 Å². The van der Waals surface area contributed by atoms with E-state index in [4.69, 9.17) is 9.72 Å². The summed E-state index contributed by atoms with van der Waals surface area (Å²) >= 11 is 0. The topological polar surface area (TPSA) is 92.8 Å². The van der Waals surface area contributed by atoms with Gasteiger partial charge in [-0.05, 0) is 25.3 Å². The molecule has 1 saturated heterocycles. The average Bonchev–Trinajstić information content (AvgIpc) is 3.59. The minimum absolute atomic E-state index is 0.211. The number of pyridine rings is 1. The number of ether oxygens (including phenoxy) is 1. The molecule has 3 aliphatic rings. The molecule has 33 heavy (non-hydrogen) atoms. The predicted octanol–water partition coefficient (Wildman–Crippen LogP) is 3.98. The number of likely N-dealkylation sites (tertiary alicyclic amines) is 1. The fraction of sp³-hybridized carbons (Fsp3) is 0.542. The smallest absolute Gasteiger partial charge is 0.230 e. The highest BCUT2D eigenvalue weighted by atomic mass is 16.5. The molecular weight excluding hydrogens is 416 g/mol. The van der Waals surface area contributed by atoms with Crippen LogP contribution in [0.4, 0.5) is 5.95 Å². The number of amidine groups is 2. The van der Waals surface area contributed by atoms with E-state index in [1.54, 1.807) is 7.11 Å². The van der Waals surface area contributed by atoms with Gasteiger partial charge in [0, 0.05) is 61.7 Å². The maximum atomic E-state index is 5.50. The van der Waals surface area contributed by atoms with Crippen LogP contribution >= 0.6 is 0 Å². The molecule has 0 amide bonds. The van der Waals surface area contributed by atoms with Gasteiger partial charge in [-0.1, -0.05) is 19.8 Å². The standard InChI is InChI=1S/C24H30N8O/c1-15-11-21(31-10-8-17(14-31)33-2)29-30-22(15)27-24-26-12-19-18-7-9-25-13-20(18)32(23(19)28-24)16-5-3-4-6-16/h7,9,12-13,15-17H,3-6,8,10-11,14H2,1-2H3,(H,26,27,28,30). The maximum Gasteiger partial charge on any atom is 0.230 e. The summed E-state index contributed by atoms with van der Waals surface area (Å²) in [5, 5.41) is 14.7. The van der Waals surface area contributed by atoms with Gasteiger partial charge < -0.3 is 19.5 Å². The van der Waals surface area contributed by atoms with E-state index in [9.17, 15) is 0 Å². The van der Waals surface area contributed by atoms with Gasteiger partial charge >= 0.3 is 0 Å². The summed E-state index contributed by atoms with van der Waals surface area (Å²) in [6.07, 6.45) is 12.8. The summed E-state index contributed by atoms with van der Waals surface area (Å²) in [4.78, 5) is 16.3. The van der Waals surface area contributed by atoms with Gasteiger partial charge in [-0.3, -0.25) is 4.98 Å². The monoisotopic (exact) mass is 446 g/mol. The van der Waals surface area contributed by atoms with Crippen molar-refractivity contribution in [1.82, 2.24) is 24.4 Å². The van der Waals surface area contributed by atoms with Crippen LogP contribution < -0.4 is 5.32 Å². The third-order valence-electron chi connectivity index (χ3n) is 7.35. The predicted molar refractivity (Wildman–Crippen MR) is 130 cm³/mol. The summed E-state index contributed by atoms with van der Waals surface area (Å²) in [5.41, 5.74) is 2.11. The van der Waals surface area contributed by atoms with Crippen LogP contribution in [0.15, 0.2) is 34.9 Å². The molecular formula is C24H30N8O. The summed E-state index contributed by atoms with van der Waals surface area (Å²) < 4.78 is 7.87. The molecule has 1 N–H and O–H groups in total. The summed E-state index contributed by atoms with van der Waals surface area (Å²) in [6, 6.07) is 2.53. The van der Waals surface area contributed by atoms with E-state index in [1.165, 1.54) is 25.7 Å². The van der Waals surface area contributed by atoms with Crippen LogP contribution in [0.5, 0.6) is 0 Å². The zero-order valence-electron chi connectivity index (χ0n) is 19.2. The average molecular weight is 447 g/mol. The Morgan fingerprint density at radius 1 is 1.09 bits per heavy atom. The third kappa shape index (κ3) is 3.64. The molecule has 0 spiro atoms. The van der Waals surface area contributed by atoms with Crippen molar-refractivity contribution in [2.75, 3.05) is 25.5 Å². The molecule has 9 heteroatoms. The van der Waals surface area contributed by atoms with Crippen LogP contribution in [0.25, 0.3) is 21.9 Å². The van der Waals surface area contributed by atoms with Crippen molar-refractivity contribution in [3.63, 3.8) is 0 Å². The van der Waals surface area contributed by atoms with Gasteiger partial charge in [0.25, 0.3) is 0 Å². The minimum atomic E-state index is 0.211. The molecule has 0 bridgehead atoms. The minimum Gasteiger partial charge on any atom is -0.380 e. The van der Waals surface area contributed by atoms with Crippen LogP contribution in [-0.2, 0) is 4.74 Å². The van der Waals surface area contributed by atoms with Crippen molar-refractivity contribution >= 4 is 39.6 Å². The van der Waals surface area contributed by atoms with Crippen LogP contribution in [0.2, 0.25) is 0 Å². The summed E-state index contributed by atoms with van der Waals surface area (Å²) in [6.45, 7) is 4.04. The number of fused-ring (bicyclic) bond motifs is 3. The lowest BCUT2D eigenvalue weighted by Gasteiger charge is -2.26. The van der Waals surface area contributed by atoms with Crippen LogP contribution in [0.3, 0.4) is 0 Å². The fourth-order valence-corrected chi connectivity index (χ4v) is 5.49. The molecule has 172 valence electrons. The number of nitrogens with zero attached hydrogens (tertiary/aromatic N) is 7. The Hall–Kier alpha value is -3.07. The first-order chi connectivity index (χ1) is 16.2. The Morgan fingerprint density at radius 3 is 2.76 bits per heavy atom. The van der Waals surface area contributed by atoms with Gasteiger partial charge in [0.05, 0.1) is 17.8 Å². The molecule has 3 aromatic heterocycles. The largest absolute Gasteiger partial charge is 0.380 e. The Balaban J connectivity index is 1.31. The van der Waals surface area contributed by atoms with E-state index in [0.29, 0.717) is 12.0 Å². The molecule has 1 aliphatic carbocycles. The second kappa shape index (κ2) is 8.37. The number of rotatable bonds is 3. The van der Waals surface area contributed by atoms with Crippen LogP contribution in [0, 0.1) is 5.92 Å². The van der Waals surface area contributed by atoms with Gasteiger partial charge in [-0.25, -0.2) is 4.98 Å². The first kappa shape index (κ1) is 20.5. The lowest BCUT2D eigenvalue weighted by atomic mass is 10.0. The van der Waals surface area contributed by atoms with E-state index in [0.717, 1.165) is 59.5 Å². The normalized spacial score (nSPS) is 24.0. The molecule has 0 radical (unpaired) electrons. The van der Waals surface area contributed by atoms with Gasteiger partial charge in [-0.15, -0.1) is 10.2 Å². The molecule has 2 aliphatic heterocycles. The fourth-order valence-electron chi connectivity index (χ4n) is 5.49. The van der Waals surface area contributed by atoms with Gasteiger partial charge in [0.2, 0.25) is 5.95 Å². The highest BCUT2D eigenvalue weighted by Crippen LogP contribution is 2.37. The highest BCUT2D eigenvalue weighted by Gasteiger charge is 2.29. The number of nitrogens with one attached hydrogen (secondary N) is 1. The van der Waals surface area contributed by atoms with Crippen molar-refractivity contribution in [3.8, 4) is 0 Å². The van der Waals surface area contributed by atoms with Crippen molar-refractivity contribution in [1.29, 1.82) is 0 Å². The Kier molecular flexibility index (Phi) is 5.21. The van der Waals surface area contributed by atoms with Crippen LogP contribution in [0.1, 0.15) is 51.5 Å². The van der Waals surface area contributed by atoms with Crippen molar-refractivity contribution in [3.05, 3.63) is 24.7 Å². The second-order valence-electron chi connectivity index (χ2n) is 9.46. The van der Waals surface area contributed by atoms with Crippen LogP contribution in [-0.4, -0.2) is 62.4 Å².